The molecule has 0 N–H and O–H groups in total. The Hall–Kier alpha value is -2.21. The maximum Gasteiger partial charge on any atom is 0.263 e. The molecule has 27 heavy (non-hydrogen) atoms. The quantitative estimate of drug-likeness (QED) is 0.816. The van der Waals surface area contributed by atoms with E-state index in [1.165, 1.54) is 11.3 Å². The van der Waals surface area contributed by atoms with Gasteiger partial charge in [-0.15, -0.1) is 11.3 Å². The summed E-state index contributed by atoms with van der Waals surface area (Å²) in [5.74, 6) is 0.254. The van der Waals surface area contributed by atoms with E-state index in [2.05, 4.69) is 4.98 Å². The summed E-state index contributed by atoms with van der Waals surface area (Å²) >= 11 is 1.49. The number of nitrogens with zero attached hydrogens (tertiary/aromatic N) is 3. The normalized spacial score (nSPS) is 22.7. The summed E-state index contributed by atoms with van der Waals surface area (Å²) in [7, 11) is 0. The first-order valence-electron chi connectivity index (χ1n) is 9.53. The third-order valence-corrected chi connectivity index (χ3v) is 6.74. The van der Waals surface area contributed by atoms with E-state index >= 15 is 0 Å². The molecule has 4 heterocycles. The Labute approximate surface area is 164 Å². The lowest BCUT2D eigenvalue weighted by Gasteiger charge is -2.38. The average molecular weight is 384 g/mol. The highest BCUT2D eigenvalue weighted by Crippen LogP contribution is 2.41. The van der Waals surface area contributed by atoms with Crippen LogP contribution in [0.15, 0.2) is 29.6 Å². The van der Waals surface area contributed by atoms with Crippen LogP contribution in [0.1, 0.15) is 45.9 Å². The van der Waals surface area contributed by atoms with Crippen molar-refractivity contribution >= 4 is 23.2 Å². The fraction of sp³-hybridized carbons (Fsp3) is 0.476. The van der Waals surface area contributed by atoms with Gasteiger partial charge in [0.15, 0.2) is 0 Å². The van der Waals surface area contributed by atoms with Gasteiger partial charge in [-0.05, 0) is 62.3 Å². The Balaban J connectivity index is 1.48. The van der Waals surface area contributed by atoms with Crippen molar-refractivity contribution in [3.05, 3.63) is 51.5 Å². The molecule has 1 spiro atoms. The predicted molar refractivity (Wildman–Crippen MR) is 106 cm³/mol. The summed E-state index contributed by atoms with van der Waals surface area (Å²) in [5.41, 5.74) is 2.60. The Kier molecular flexibility index (Phi) is 4.76. The molecule has 2 aromatic rings. The first-order chi connectivity index (χ1) is 13.0. The van der Waals surface area contributed by atoms with Gasteiger partial charge < -0.3 is 9.80 Å². The Bertz CT molecular complexity index is 878. The molecule has 2 saturated heterocycles. The number of amides is 2. The van der Waals surface area contributed by atoms with Gasteiger partial charge in [-0.25, -0.2) is 0 Å². The molecule has 0 saturated carbocycles. The fourth-order valence-electron chi connectivity index (χ4n) is 4.31. The molecular formula is C21H25N3O2S. The molecule has 1 atom stereocenters. The third-order valence-electron chi connectivity index (χ3n) is 5.71. The zero-order chi connectivity index (χ0) is 19.0. The Morgan fingerprint density at radius 1 is 1.26 bits per heavy atom. The molecule has 4 rings (SSSR count). The number of hydrogen-bond donors (Lipinski definition) is 0. The smallest absolute Gasteiger partial charge is 0.263 e. The second kappa shape index (κ2) is 7.08. The van der Waals surface area contributed by atoms with Crippen molar-refractivity contribution in [2.75, 3.05) is 19.6 Å². The monoisotopic (exact) mass is 383 g/mol. The van der Waals surface area contributed by atoms with Gasteiger partial charge in [0.05, 0.1) is 22.5 Å². The molecule has 2 aliphatic rings. The van der Waals surface area contributed by atoms with E-state index in [4.69, 9.17) is 0 Å². The van der Waals surface area contributed by atoms with Crippen LogP contribution in [-0.4, -0.2) is 46.2 Å². The van der Waals surface area contributed by atoms with Gasteiger partial charge in [0.1, 0.15) is 0 Å². The van der Waals surface area contributed by atoms with Gasteiger partial charge in [0.25, 0.3) is 5.91 Å². The minimum atomic E-state index is -0.413. The fourth-order valence-corrected chi connectivity index (χ4v) is 5.17. The van der Waals surface area contributed by atoms with Gasteiger partial charge in [-0.2, -0.15) is 0 Å². The second-order valence-corrected chi connectivity index (χ2v) is 8.76. The van der Waals surface area contributed by atoms with Gasteiger partial charge in [0, 0.05) is 25.3 Å². The molecule has 142 valence electrons. The first-order valence-corrected chi connectivity index (χ1v) is 10.4. The maximum atomic E-state index is 13.2. The van der Waals surface area contributed by atoms with Crippen molar-refractivity contribution in [2.24, 2.45) is 5.41 Å². The van der Waals surface area contributed by atoms with E-state index in [0.29, 0.717) is 13.1 Å². The van der Waals surface area contributed by atoms with Crippen LogP contribution < -0.4 is 0 Å². The zero-order valence-corrected chi connectivity index (χ0v) is 16.7. The number of pyridine rings is 1. The third kappa shape index (κ3) is 3.50. The van der Waals surface area contributed by atoms with E-state index < -0.39 is 5.41 Å². The van der Waals surface area contributed by atoms with Crippen molar-refractivity contribution in [1.82, 2.24) is 14.8 Å². The van der Waals surface area contributed by atoms with Crippen molar-refractivity contribution in [1.29, 1.82) is 0 Å². The lowest BCUT2D eigenvalue weighted by atomic mass is 9.78. The molecule has 5 nitrogen and oxygen atoms in total. The molecule has 2 aromatic heterocycles. The molecule has 1 unspecified atom stereocenters. The SMILES string of the molecule is Cc1csc(C(=O)N2CCCC3(CCN(Cc4cccc(C)n4)C3=O)C2)c1. The molecular weight excluding hydrogens is 358 g/mol. The number of carbonyl (C=O) groups is 2. The maximum absolute atomic E-state index is 13.2. The summed E-state index contributed by atoms with van der Waals surface area (Å²) in [6.07, 6.45) is 2.58. The van der Waals surface area contributed by atoms with Crippen LogP contribution >= 0.6 is 11.3 Å². The first kappa shape index (κ1) is 18.2. The second-order valence-electron chi connectivity index (χ2n) is 7.85. The Morgan fingerprint density at radius 3 is 2.85 bits per heavy atom. The highest BCUT2D eigenvalue weighted by atomic mass is 32.1. The summed E-state index contributed by atoms with van der Waals surface area (Å²) in [6, 6.07) is 7.87. The van der Waals surface area contributed by atoms with Crippen LogP contribution in [-0.2, 0) is 11.3 Å². The van der Waals surface area contributed by atoms with Crippen LogP contribution in [0.25, 0.3) is 0 Å². The summed E-state index contributed by atoms with van der Waals surface area (Å²) in [5, 5.41) is 2.00. The largest absolute Gasteiger partial charge is 0.337 e. The summed E-state index contributed by atoms with van der Waals surface area (Å²) < 4.78 is 0. The van der Waals surface area contributed by atoms with Gasteiger partial charge in [-0.3, -0.25) is 14.6 Å². The highest BCUT2D eigenvalue weighted by Gasteiger charge is 2.49. The van der Waals surface area contributed by atoms with Gasteiger partial charge in [0.2, 0.25) is 5.91 Å². The zero-order valence-electron chi connectivity index (χ0n) is 15.9. The number of aromatic nitrogens is 1. The molecule has 6 heteroatoms. The Morgan fingerprint density at radius 2 is 2.11 bits per heavy atom. The number of piperidine rings is 1. The molecule has 2 fully saturated rings. The predicted octanol–water partition coefficient (Wildman–Crippen LogP) is 3.41. The highest BCUT2D eigenvalue weighted by molar-refractivity contribution is 7.12. The average Bonchev–Trinajstić information content (AvgIpc) is 3.21. The van der Waals surface area contributed by atoms with Crippen molar-refractivity contribution in [3.8, 4) is 0 Å². The van der Waals surface area contributed by atoms with Crippen LogP contribution in [0.3, 0.4) is 0 Å². The van der Waals surface area contributed by atoms with Crippen LogP contribution in [0.2, 0.25) is 0 Å². The van der Waals surface area contributed by atoms with E-state index in [0.717, 1.165) is 54.2 Å². The van der Waals surface area contributed by atoms with E-state index in [9.17, 15) is 9.59 Å². The minimum Gasteiger partial charge on any atom is -0.337 e. The molecule has 0 bridgehead atoms. The number of likely N-dealkylation sites (tertiary alicyclic amines) is 2. The van der Waals surface area contributed by atoms with E-state index in [1.807, 2.05) is 53.3 Å². The van der Waals surface area contributed by atoms with Gasteiger partial charge in [-0.1, -0.05) is 6.07 Å². The standard InChI is InChI=1S/C21H25N3O2S/c1-15-11-18(27-13-15)19(25)24-9-4-7-21(14-24)8-10-23(20(21)26)12-17-6-3-5-16(2)22-17/h3,5-6,11,13H,4,7-10,12,14H2,1-2H3. The molecule has 0 radical (unpaired) electrons. The minimum absolute atomic E-state index is 0.0683. The van der Waals surface area contributed by atoms with Crippen LogP contribution in [0.4, 0.5) is 0 Å². The topological polar surface area (TPSA) is 53.5 Å². The lowest BCUT2D eigenvalue weighted by molar-refractivity contribution is -0.138. The number of aryl methyl sites for hydroxylation is 2. The van der Waals surface area contributed by atoms with Gasteiger partial charge >= 0.3 is 0 Å². The summed E-state index contributed by atoms with van der Waals surface area (Å²) in [6.45, 7) is 6.55. The summed E-state index contributed by atoms with van der Waals surface area (Å²) in [4.78, 5) is 35.2. The van der Waals surface area contributed by atoms with Crippen molar-refractivity contribution in [2.45, 2.75) is 39.7 Å². The molecule has 2 aliphatic heterocycles. The molecule has 2 amide bonds. The number of rotatable bonds is 3. The number of hydrogen-bond acceptors (Lipinski definition) is 4. The van der Waals surface area contributed by atoms with Crippen molar-refractivity contribution < 1.29 is 9.59 Å². The number of thiophene rings is 1. The van der Waals surface area contributed by atoms with E-state index in [-0.39, 0.29) is 11.8 Å². The molecule has 0 aliphatic carbocycles. The molecule has 0 aromatic carbocycles. The van der Waals surface area contributed by atoms with E-state index in [1.54, 1.807) is 0 Å². The van der Waals surface area contributed by atoms with Crippen LogP contribution in [0.5, 0.6) is 0 Å². The number of carbonyl (C=O) groups excluding carboxylic acids is 2. The van der Waals surface area contributed by atoms with Crippen LogP contribution in [0, 0.1) is 19.3 Å². The van der Waals surface area contributed by atoms with Crippen molar-refractivity contribution in [3.63, 3.8) is 0 Å². The lowest BCUT2D eigenvalue weighted by Crippen LogP contribution is -2.49.